The van der Waals surface area contributed by atoms with Gasteiger partial charge in [-0.1, -0.05) is 36.3 Å². The number of piperidine rings is 1. The first kappa shape index (κ1) is 16.5. The van der Waals surface area contributed by atoms with E-state index in [4.69, 9.17) is 0 Å². The van der Waals surface area contributed by atoms with Gasteiger partial charge in [0.2, 0.25) is 11.7 Å². The van der Waals surface area contributed by atoms with Gasteiger partial charge >= 0.3 is 12.1 Å². The molecule has 0 radical (unpaired) electrons. The summed E-state index contributed by atoms with van der Waals surface area (Å²) in [6.45, 7) is 3.14. The number of alkyl halides is 3. The average Bonchev–Trinajstić information content (AvgIpc) is 3.03. The van der Waals surface area contributed by atoms with Crippen molar-refractivity contribution < 1.29 is 22.5 Å². The molecule has 1 aromatic heterocycles. The van der Waals surface area contributed by atoms with Crippen LogP contribution in [0.1, 0.15) is 31.2 Å². The number of benzene rings is 1. The van der Waals surface area contributed by atoms with Crippen LogP contribution in [-0.2, 0) is 17.5 Å². The molecule has 3 rings (SSSR count). The van der Waals surface area contributed by atoms with E-state index in [9.17, 15) is 18.0 Å². The van der Waals surface area contributed by atoms with Crippen LogP contribution in [0, 0.1) is 5.92 Å². The molecule has 1 unspecified atom stereocenters. The van der Waals surface area contributed by atoms with Crippen molar-refractivity contribution >= 4 is 5.91 Å². The Morgan fingerprint density at radius 3 is 2.62 bits per heavy atom. The fraction of sp³-hybridized carbons (Fsp3) is 0.438. The summed E-state index contributed by atoms with van der Waals surface area (Å²) in [6, 6.07) is 6.76. The van der Waals surface area contributed by atoms with Gasteiger partial charge in [-0.25, -0.2) is 0 Å². The molecular formula is C16H16F3N3O2. The zero-order valence-corrected chi connectivity index (χ0v) is 13.0. The number of hydrogen-bond acceptors (Lipinski definition) is 4. The minimum absolute atomic E-state index is 0.0399. The van der Waals surface area contributed by atoms with Gasteiger partial charge in [0.05, 0.1) is 0 Å². The molecule has 1 aliphatic rings. The minimum Gasteiger partial charge on any atom is -0.338 e. The number of carbonyl (C=O) groups is 1. The topological polar surface area (TPSA) is 59.2 Å². The van der Waals surface area contributed by atoms with Crippen molar-refractivity contribution in [1.82, 2.24) is 15.0 Å². The van der Waals surface area contributed by atoms with Crippen LogP contribution in [-0.4, -0.2) is 27.5 Å². The SMILES string of the molecule is CC1CCCN(Cc2ccc(-c3noc(C(F)(F)F)n3)cc2)C1=O. The van der Waals surface area contributed by atoms with Crippen LogP contribution in [0.4, 0.5) is 13.2 Å². The molecule has 24 heavy (non-hydrogen) atoms. The fourth-order valence-electron chi connectivity index (χ4n) is 2.73. The van der Waals surface area contributed by atoms with Gasteiger partial charge in [-0.2, -0.15) is 18.2 Å². The molecule has 0 bridgehead atoms. The Morgan fingerprint density at radius 1 is 1.29 bits per heavy atom. The largest absolute Gasteiger partial charge is 0.471 e. The Morgan fingerprint density at radius 2 is 2.00 bits per heavy atom. The lowest BCUT2D eigenvalue weighted by molar-refractivity contribution is -0.159. The first-order valence-corrected chi connectivity index (χ1v) is 7.63. The molecule has 1 atom stereocenters. The number of hydrogen-bond donors (Lipinski definition) is 0. The highest BCUT2D eigenvalue weighted by molar-refractivity contribution is 5.79. The van der Waals surface area contributed by atoms with Crippen molar-refractivity contribution in [3.63, 3.8) is 0 Å². The maximum atomic E-state index is 12.5. The van der Waals surface area contributed by atoms with Crippen LogP contribution >= 0.6 is 0 Å². The molecule has 8 heteroatoms. The summed E-state index contributed by atoms with van der Waals surface area (Å²) in [5, 5.41) is 3.35. The number of likely N-dealkylation sites (tertiary alicyclic amines) is 1. The lowest BCUT2D eigenvalue weighted by Gasteiger charge is -2.30. The van der Waals surface area contributed by atoms with E-state index in [0.29, 0.717) is 12.1 Å². The number of aromatic nitrogens is 2. The molecule has 2 aromatic rings. The van der Waals surface area contributed by atoms with Crippen molar-refractivity contribution in [2.45, 2.75) is 32.5 Å². The lowest BCUT2D eigenvalue weighted by atomic mass is 9.98. The molecule has 1 amide bonds. The van der Waals surface area contributed by atoms with E-state index in [1.54, 1.807) is 29.2 Å². The van der Waals surface area contributed by atoms with Crippen LogP contribution in [0.3, 0.4) is 0 Å². The van der Waals surface area contributed by atoms with E-state index in [1.165, 1.54) is 0 Å². The second-order valence-electron chi connectivity index (χ2n) is 5.92. The highest BCUT2D eigenvalue weighted by Gasteiger charge is 2.38. The third-order valence-corrected chi connectivity index (χ3v) is 4.05. The smallest absolute Gasteiger partial charge is 0.338 e. The number of nitrogens with zero attached hydrogens (tertiary/aromatic N) is 3. The molecular weight excluding hydrogens is 323 g/mol. The Kier molecular flexibility index (Phi) is 4.29. The highest BCUT2D eigenvalue weighted by atomic mass is 19.4. The molecule has 1 fully saturated rings. The van der Waals surface area contributed by atoms with Crippen LogP contribution in [0.25, 0.3) is 11.4 Å². The molecule has 2 heterocycles. The molecule has 0 spiro atoms. The highest BCUT2D eigenvalue weighted by Crippen LogP contribution is 2.29. The Bertz CT molecular complexity index is 725. The number of carbonyl (C=O) groups excluding carboxylic acids is 1. The third kappa shape index (κ3) is 3.42. The van der Waals surface area contributed by atoms with Crippen molar-refractivity contribution in [3.05, 3.63) is 35.7 Å². The summed E-state index contributed by atoms with van der Waals surface area (Å²) in [5.41, 5.74) is 1.33. The third-order valence-electron chi connectivity index (χ3n) is 4.05. The minimum atomic E-state index is -4.66. The zero-order chi connectivity index (χ0) is 17.3. The van der Waals surface area contributed by atoms with Crippen molar-refractivity contribution in [2.75, 3.05) is 6.54 Å². The monoisotopic (exact) mass is 339 g/mol. The Labute approximate surface area is 136 Å². The number of rotatable bonds is 3. The van der Waals surface area contributed by atoms with E-state index in [0.717, 1.165) is 24.9 Å². The molecule has 1 saturated heterocycles. The predicted molar refractivity (Wildman–Crippen MR) is 78.6 cm³/mol. The summed E-state index contributed by atoms with van der Waals surface area (Å²) in [7, 11) is 0. The van der Waals surface area contributed by atoms with Gasteiger partial charge < -0.3 is 9.42 Å². The van der Waals surface area contributed by atoms with Gasteiger partial charge in [0.25, 0.3) is 0 Å². The summed E-state index contributed by atoms with van der Waals surface area (Å²) < 4.78 is 41.7. The Balaban J connectivity index is 1.71. The first-order valence-electron chi connectivity index (χ1n) is 7.63. The quantitative estimate of drug-likeness (QED) is 0.858. The van der Waals surface area contributed by atoms with E-state index in [1.807, 2.05) is 6.92 Å². The predicted octanol–water partition coefficient (Wildman–Crippen LogP) is 3.51. The summed E-state index contributed by atoms with van der Waals surface area (Å²) in [6.07, 6.45) is -2.77. The van der Waals surface area contributed by atoms with Crippen molar-refractivity contribution in [2.24, 2.45) is 5.92 Å². The summed E-state index contributed by atoms with van der Waals surface area (Å²) >= 11 is 0. The first-order chi connectivity index (χ1) is 11.3. The molecule has 128 valence electrons. The lowest BCUT2D eigenvalue weighted by Crippen LogP contribution is -2.39. The maximum Gasteiger partial charge on any atom is 0.471 e. The van der Waals surface area contributed by atoms with E-state index >= 15 is 0 Å². The average molecular weight is 339 g/mol. The molecule has 0 saturated carbocycles. The number of amides is 1. The fourth-order valence-corrected chi connectivity index (χ4v) is 2.73. The second kappa shape index (κ2) is 6.26. The molecule has 1 aliphatic heterocycles. The van der Waals surface area contributed by atoms with Crippen LogP contribution < -0.4 is 0 Å². The summed E-state index contributed by atoms with van der Waals surface area (Å²) in [4.78, 5) is 17.3. The van der Waals surface area contributed by atoms with Gasteiger partial charge in [-0.05, 0) is 18.4 Å². The van der Waals surface area contributed by atoms with E-state index in [-0.39, 0.29) is 17.6 Å². The second-order valence-corrected chi connectivity index (χ2v) is 5.92. The normalized spacial score (nSPS) is 18.9. The Hall–Kier alpha value is -2.38. The summed E-state index contributed by atoms with van der Waals surface area (Å²) in [5.74, 6) is -1.30. The van der Waals surface area contributed by atoms with Gasteiger partial charge in [0.1, 0.15) is 0 Å². The van der Waals surface area contributed by atoms with Crippen molar-refractivity contribution in [1.29, 1.82) is 0 Å². The van der Waals surface area contributed by atoms with Gasteiger partial charge in [0.15, 0.2) is 0 Å². The zero-order valence-electron chi connectivity index (χ0n) is 13.0. The molecule has 0 N–H and O–H groups in total. The van der Waals surface area contributed by atoms with E-state index < -0.39 is 12.1 Å². The van der Waals surface area contributed by atoms with Crippen molar-refractivity contribution in [3.8, 4) is 11.4 Å². The molecule has 1 aromatic carbocycles. The van der Waals surface area contributed by atoms with Crippen LogP contribution in [0.15, 0.2) is 28.8 Å². The standard InChI is InChI=1S/C16H16F3N3O2/c1-10-3-2-8-22(14(10)23)9-11-4-6-12(7-5-11)13-20-15(24-21-13)16(17,18)19/h4-7,10H,2-3,8-9H2,1H3. The van der Waals surface area contributed by atoms with E-state index in [2.05, 4.69) is 14.7 Å². The molecule has 5 nitrogen and oxygen atoms in total. The molecule has 0 aliphatic carbocycles. The van der Waals surface area contributed by atoms with Crippen LogP contribution in [0.5, 0.6) is 0 Å². The number of halogens is 3. The maximum absolute atomic E-state index is 12.5. The van der Waals surface area contributed by atoms with Gasteiger partial charge in [-0.15, -0.1) is 0 Å². The van der Waals surface area contributed by atoms with Gasteiger partial charge in [-0.3, -0.25) is 4.79 Å². The van der Waals surface area contributed by atoms with Crippen LogP contribution in [0.2, 0.25) is 0 Å². The van der Waals surface area contributed by atoms with Gasteiger partial charge in [0, 0.05) is 24.6 Å².